The standard InChI is InChI=1S/C21H22F2N2O2S/c1-13(2)9-19-21(27)24-18(15-7-8-28-12-15)11-25(19)20(26)6-4-14-3-5-16(22)10-17(14)23/h3-8,10,12-13,18-19H,9,11H2,1-2H3,(H,24,27)/b6-4+/t18-,19+/m1/s1. The molecule has 1 aliphatic heterocycles. The van der Waals surface area contributed by atoms with Crippen LogP contribution in [-0.4, -0.2) is 29.3 Å². The summed E-state index contributed by atoms with van der Waals surface area (Å²) in [4.78, 5) is 27.1. The van der Waals surface area contributed by atoms with Gasteiger partial charge in [0.1, 0.15) is 17.7 Å². The topological polar surface area (TPSA) is 49.4 Å². The van der Waals surface area contributed by atoms with Crippen molar-refractivity contribution in [3.8, 4) is 0 Å². The Morgan fingerprint density at radius 1 is 1.36 bits per heavy atom. The number of benzene rings is 1. The van der Waals surface area contributed by atoms with Crippen LogP contribution in [0.4, 0.5) is 8.78 Å². The van der Waals surface area contributed by atoms with Gasteiger partial charge < -0.3 is 10.2 Å². The average molecular weight is 404 g/mol. The molecule has 4 nitrogen and oxygen atoms in total. The normalized spacial score (nSPS) is 20.0. The van der Waals surface area contributed by atoms with E-state index in [-0.39, 0.29) is 29.3 Å². The van der Waals surface area contributed by atoms with E-state index in [9.17, 15) is 18.4 Å². The second kappa shape index (κ2) is 8.65. The van der Waals surface area contributed by atoms with Gasteiger partial charge in [-0.3, -0.25) is 9.59 Å². The number of thiophene rings is 1. The molecule has 1 aromatic heterocycles. The number of hydrogen-bond acceptors (Lipinski definition) is 3. The van der Waals surface area contributed by atoms with Crippen molar-refractivity contribution in [3.63, 3.8) is 0 Å². The number of amides is 2. The maximum Gasteiger partial charge on any atom is 0.247 e. The van der Waals surface area contributed by atoms with Gasteiger partial charge in [0, 0.05) is 24.3 Å². The first-order valence-corrected chi connectivity index (χ1v) is 10.1. The van der Waals surface area contributed by atoms with Crippen molar-refractivity contribution in [2.24, 2.45) is 5.92 Å². The fourth-order valence-electron chi connectivity index (χ4n) is 3.26. The van der Waals surface area contributed by atoms with Crippen LogP contribution in [0.25, 0.3) is 6.08 Å². The van der Waals surface area contributed by atoms with E-state index in [4.69, 9.17) is 0 Å². The molecule has 7 heteroatoms. The maximum atomic E-state index is 13.8. The van der Waals surface area contributed by atoms with Crippen molar-refractivity contribution in [3.05, 3.63) is 63.9 Å². The lowest BCUT2D eigenvalue weighted by atomic mass is 9.96. The highest BCUT2D eigenvalue weighted by molar-refractivity contribution is 7.08. The Balaban J connectivity index is 1.83. The summed E-state index contributed by atoms with van der Waals surface area (Å²) in [7, 11) is 0. The van der Waals surface area contributed by atoms with Crippen molar-refractivity contribution >= 4 is 29.2 Å². The Morgan fingerprint density at radius 3 is 2.79 bits per heavy atom. The summed E-state index contributed by atoms with van der Waals surface area (Å²) in [5.74, 6) is -1.75. The molecule has 0 spiro atoms. The molecule has 3 rings (SSSR count). The molecular formula is C21H22F2N2O2S. The van der Waals surface area contributed by atoms with Crippen LogP contribution in [0.1, 0.15) is 37.4 Å². The quantitative estimate of drug-likeness (QED) is 0.761. The third kappa shape index (κ3) is 4.65. The lowest BCUT2D eigenvalue weighted by Gasteiger charge is -2.39. The molecule has 2 aromatic rings. The summed E-state index contributed by atoms with van der Waals surface area (Å²) in [6, 6.07) is 4.25. The first-order valence-electron chi connectivity index (χ1n) is 9.11. The number of hydrogen-bond donors (Lipinski definition) is 1. The summed E-state index contributed by atoms with van der Waals surface area (Å²) in [5, 5.41) is 6.86. The van der Waals surface area contributed by atoms with Gasteiger partial charge >= 0.3 is 0 Å². The van der Waals surface area contributed by atoms with Gasteiger partial charge in [-0.2, -0.15) is 11.3 Å². The minimum absolute atomic E-state index is 0.117. The lowest BCUT2D eigenvalue weighted by Crippen LogP contribution is -2.58. The minimum Gasteiger partial charge on any atom is -0.346 e. The van der Waals surface area contributed by atoms with Crippen LogP contribution < -0.4 is 5.32 Å². The molecule has 0 saturated carbocycles. The third-order valence-electron chi connectivity index (χ3n) is 4.67. The monoisotopic (exact) mass is 404 g/mol. The van der Waals surface area contributed by atoms with Crippen LogP contribution in [-0.2, 0) is 9.59 Å². The zero-order valence-electron chi connectivity index (χ0n) is 15.7. The Hall–Kier alpha value is -2.54. The highest BCUT2D eigenvalue weighted by Crippen LogP contribution is 2.26. The van der Waals surface area contributed by atoms with Crippen LogP contribution in [0, 0.1) is 17.6 Å². The molecule has 0 radical (unpaired) electrons. The number of nitrogens with one attached hydrogen (secondary N) is 1. The van der Waals surface area contributed by atoms with E-state index in [0.717, 1.165) is 17.7 Å². The number of rotatable bonds is 5. The summed E-state index contributed by atoms with van der Waals surface area (Å²) in [5.41, 5.74) is 1.07. The molecule has 2 heterocycles. The van der Waals surface area contributed by atoms with Crippen molar-refractivity contribution < 1.29 is 18.4 Å². The second-order valence-corrected chi connectivity index (χ2v) is 8.03. The molecule has 28 heavy (non-hydrogen) atoms. The molecule has 1 aliphatic rings. The van der Waals surface area contributed by atoms with E-state index in [1.54, 1.807) is 4.90 Å². The predicted molar refractivity (Wildman–Crippen MR) is 106 cm³/mol. The molecule has 2 atom stereocenters. The molecule has 1 saturated heterocycles. The van der Waals surface area contributed by atoms with E-state index in [1.807, 2.05) is 30.7 Å². The Labute approximate surface area is 166 Å². The van der Waals surface area contributed by atoms with Crippen molar-refractivity contribution in [2.45, 2.75) is 32.4 Å². The van der Waals surface area contributed by atoms with Gasteiger partial charge in [-0.25, -0.2) is 8.78 Å². The van der Waals surface area contributed by atoms with Gasteiger partial charge in [0.15, 0.2) is 0 Å². The molecule has 1 aromatic carbocycles. The molecule has 2 amide bonds. The van der Waals surface area contributed by atoms with Gasteiger partial charge in [0.2, 0.25) is 11.8 Å². The van der Waals surface area contributed by atoms with E-state index >= 15 is 0 Å². The number of nitrogens with zero attached hydrogens (tertiary/aromatic N) is 1. The highest BCUT2D eigenvalue weighted by Gasteiger charge is 2.37. The first-order chi connectivity index (χ1) is 13.3. The highest BCUT2D eigenvalue weighted by atomic mass is 32.1. The van der Waals surface area contributed by atoms with Gasteiger partial charge in [0.25, 0.3) is 0 Å². The number of carbonyl (C=O) groups excluding carboxylic acids is 2. The molecule has 1 fully saturated rings. The zero-order chi connectivity index (χ0) is 20.3. The predicted octanol–water partition coefficient (Wildman–Crippen LogP) is 4.15. The fraction of sp³-hybridized carbons (Fsp3) is 0.333. The SMILES string of the molecule is CC(C)C[C@H]1C(=O)N[C@@H](c2ccsc2)CN1C(=O)/C=C/c1ccc(F)cc1F. The minimum atomic E-state index is -0.740. The smallest absolute Gasteiger partial charge is 0.247 e. The van der Waals surface area contributed by atoms with Gasteiger partial charge in [0.05, 0.1) is 6.04 Å². The second-order valence-electron chi connectivity index (χ2n) is 7.25. The van der Waals surface area contributed by atoms with Gasteiger partial charge in [-0.05, 0) is 52.9 Å². The molecule has 148 valence electrons. The Bertz CT molecular complexity index is 881. The van der Waals surface area contributed by atoms with Gasteiger partial charge in [-0.15, -0.1) is 0 Å². The van der Waals surface area contributed by atoms with E-state index < -0.39 is 17.7 Å². The van der Waals surface area contributed by atoms with E-state index in [1.165, 1.54) is 29.6 Å². The summed E-state index contributed by atoms with van der Waals surface area (Å²) in [6.07, 6.45) is 3.09. The van der Waals surface area contributed by atoms with Crippen molar-refractivity contribution in [1.82, 2.24) is 10.2 Å². The van der Waals surface area contributed by atoms with E-state index in [2.05, 4.69) is 5.32 Å². The summed E-state index contributed by atoms with van der Waals surface area (Å²) in [6.45, 7) is 4.32. The third-order valence-corrected chi connectivity index (χ3v) is 5.37. The van der Waals surface area contributed by atoms with Crippen molar-refractivity contribution in [2.75, 3.05) is 6.54 Å². The molecular weight excluding hydrogens is 382 g/mol. The number of piperazine rings is 1. The first kappa shape index (κ1) is 20.2. The van der Waals surface area contributed by atoms with E-state index in [0.29, 0.717) is 13.0 Å². The fourth-order valence-corrected chi connectivity index (χ4v) is 3.97. The lowest BCUT2D eigenvalue weighted by molar-refractivity contribution is -0.142. The van der Waals surface area contributed by atoms with Crippen LogP contribution in [0.15, 0.2) is 41.1 Å². The van der Waals surface area contributed by atoms with Crippen LogP contribution >= 0.6 is 11.3 Å². The largest absolute Gasteiger partial charge is 0.346 e. The summed E-state index contributed by atoms with van der Waals surface area (Å²) >= 11 is 1.52. The zero-order valence-corrected chi connectivity index (χ0v) is 16.5. The molecule has 1 N–H and O–H groups in total. The Morgan fingerprint density at radius 2 is 2.14 bits per heavy atom. The van der Waals surface area contributed by atoms with Crippen LogP contribution in [0.3, 0.4) is 0 Å². The number of carbonyl (C=O) groups is 2. The van der Waals surface area contributed by atoms with Crippen molar-refractivity contribution in [1.29, 1.82) is 0 Å². The average Bonchev–Trinajstić information content (AvgIpc) is 3.16. The van der Waals surface area contributed by atoms with Crippen LogP contribution in [0.2, 0.25) is 0 Å². The maximum absolute atomic E-state index is 13.8. The molecule has 0 unspecified atom stereocenters. The Kier molecular flexibility index (Phi) is 6.24. The van der Waals surface area contributed by atoms with Crippen LogP contribution in [0.5, 0.6) is 0 Å². The number of halogens is 2. The molecule has 0 aliphatic carbocycles. The summed E-state index contributed by atoms with van der Waals surface area (Å²) < 4.78 is 26.9. The van der Waals surface area contributed by atoms with Gasteiger partial charge in [-0.1, -0.05) is 13.8 Å². The molecule has 0 bridgehead atoms.